The highest BCUT2D eigenvalue weighted by Crippen LogP contribution is 2.26. The summed E-state index contributed by atoms with van der Waals surface area (Å²) in [5.41, 5.74) is 2.18. The van der Waals surface area contributed by atoms with Crippen LogP contribution >= 0.6 is 0 Å². The molecular formula is C15H19N3O2. The van der Waals surface area contributed by atoms with E-state index in [1.807, 2.05) is 10.6 Å². The molecule has 0 amide bonds. The molecule has 5 heteroatoms. The topological polar surface area (TPSA) is 57.8 Å². The Kier molecular flexibility index (Phi) is 3.44. The van der Waals surface area contributed by atoms with Gasteiger partial charge in [-0.05, 0) is 38.1 Å². The summed E-state index contributed by atoms with van der Waals surface area (Å²) in [5.74, 6) is -0.450. The van der Waals surface area contributed by atoms with Gasteiger partial charge in [0.25, 0.3) is 0 Å². The second-order valence-electron chi connectivity index (χ2n) is 5.39. The van der Waals surface area contributed by atoms with Crippen LogP contribution in [0, 0.1) is 0 Å². The summed E-state index contributed by atoms with van der Waals surface area (Å²) in [7, 11) is 0. The van der Waals surface area contributed by atoms with E-state index in [0.29, 0.717) is 11.5 Å². The zero-order valence-electron chi connectivity index (χ0n) is 11.6. The van der Waals surface area contributed by atoms with Crippen molar-refractivity contribution in [1.82, 2.24) is 14.3 Å². The number of aromatic nitrogens is 2. The van der Waals surface area contributed by atoms with Gasteiger partial charge in [-0.25, -0.2) is 9.78 Å². The Labute approximate surface area is 117 Å². The molecule has 2 aromatic rings. The summed E-state index contributed by atoms with van der Waals surface area (Å²) in [6, 6.07) is 3.38. The quantitative estimate of drug-likeness (QED) is 0.931. The number of hydrogen-bond acceptors (Lipinski definition) is 3. The molecule has 1 fully saturated rings. The summed E-state index contributed by atoms with van der Waals surface area (Å²) in [4.78, 5) is 18.1. The summed E-state index contributed by atoms with van der Waals surface area (Å²) in [6.45, 7) is 5.48. The van der Waals surface area contributed by atoms with Crippen LogP contribution in [0.5, 0.6) is 0 Å². The molecule has 1 unspecified atom stereocenters. The predicted molar refractivity (Wildman–Crippen MR) is 76.2 cm³/mol. The average molecular weight is 273 g/mol. The average Bonchev–Trinajstić information content (AvgIpc) is 2.90. The first-order valence-corrected chi connectivity index (χ1v) is 7.11. The van der Waals surface area contributed by atoms with Gasteiger partial charge in [-0.15, -0.1) is 0 Å². The highest BCUT2D eigenvalue weighted by Gasteiger charge is 2.22. The number of rotatable bonds is 3. The molecule has 1 atom stereocenters. The van der Waals surface area contributed by atoms with Crippen molar-refractivity contribution in [3.8, 4) is 0 Å². The molecule has 0 aromatic carbocycles. The van der Waals surface area contributed by atoms with Gasteiger partial charge in [0.2, 0.25) is 0 Å². The normalized spacial score (nSPS) is 20.4. The first kappa shape index (κ1) is 13.1. The number of likely N-dealkylation sites (tertiary alicyclic amines) is 1. The van der Waals surface area contributed by atoms with Crippen LogP contribution < -0.4 is 0 Å². The van der Waals surface area contributed by atoms with Crippen LogP contribution in [0.1, 0.15) is 41.7 Å². The van der Waals surface area contributed by atoms with E-state index >= 15 is 0 Å². The predicted octanol–water partition coefficient (Wildman–Crippen LogP) is 2.23. The molecule has 0 radical (unpaired) electrons. The zero-order chi connectivity index (χ0) is 14.1. The smallest absolute Gasteiger partial charge is 0.337 e. The summed E-state index contributed by atoms with van der Waals surface area (Å²) >= 11 is 0. The Balaban J connectivity index is 1.90. The molecule has 1 saturated heterocycles. The molecular weight excluding hydrogens is 254 g/mol. The van der Waals surface area contributed by atoms with Gasteiger partial charge in [-0.1, -0.05) is 6.92 Å². The molecule has 106 valence electrons. The highest BCUT2D eigenvalue weighted by molar-refractivity contribution is 5.87. The molecule has 1 N–H and O–H groups in total. The van der Waals surface area contributed by atoms with Crippen LogP contribution in [0.3, 0.4) is 0 Å². The van der Waals surface area contributed by atoms with Crippen molar-refractivity contribution in [2.75, 3.05) is 19.6 Å². The number of carboxylic acids is 1. The molecule has 1 aliphatic rings. The summed E-state index contributed by atoms with van der Waals surface area (Å²) in [5, 5.41) is 9.03. The van der Waals surface area contributed by atoms with E-state index in [2.05, 4.69) is 16.8 Å². The van der Waals surface area contributed by atoms with Crippen LogP contribution in [0.4, 0.5) is 0 Å². The van der Waals surface area contributed by atoms with Gasteiger partial charge in [-0.2, -0.15) is 0 Å². The van der Waals surface area contributed by atoms with Crippen LogP contribution in [-0.4, -0.2) is 45.0 Å². The molecule has 0 spiro atoms. The van der Waals surface area contributed by atoms with Crippen LogP contribution in [0.2, 0.25) is 0 Å². The van der Waals surface area contributed by atoms with Crippen molar-refractivity contribution in [1.29, 1.82) is 0 Å². The number of carboxylic acid groups (broad SMARTS) is 1. The SMILES string of the molecule is CCN1CCCC(c2cn3cc(C(=O)O)ccc3n2)C1. The fourth-order valence-corrected chi connectivity index (χ4v) is 2.92. The third-order valence-corrected chi connectivity index (χ3v) is 4.09. The van der Waals surface area contributed by atoms with Gasteiger partial charge >= 0.3 is 5.97 Å². The minimum Gasteiger partial charge on any atom is -0.478 e. The monoisotopic (exact) mass is 273 g/mol. The molecule has 0 saturated carbocycles. The van der Waals surface area contributed by atoms with Crippen molar-refractivity contribution in [3.63, 3.8) is 0 Å². The lowest BCUT2D eigenvalue weighted by molar-refractivity contribution is 0.0696. The first-order valence-electron chi connectivity index (χ1n) is 7.11. The standard InChI is InChI=1S/C15H19N3O2/c1-2-17-7-3-4-11(8-17)13-10-18-9-12(15(19)20)5-6-14(18)16-13/h5-6,9-11H,2-4,7-8H2,1H3,(H,19,20). The number of fused-ring (bicyclic) bond motifs is 1. The third kappa shape index (κ3) is 2.41. The van der Waals surface area contributed by atoms with E-state index in [-0.39, 0.29) is 0 Å². The van der Waals surface area contributed by atoms with Crippen LogP contribution in [0.25, 0.3) is 5.65 Å². The molecule has 20 heavy (non-hydrogen) atoms. The van der Waals surface area contributed by atoms with E-state index < -0.39 is 5.97 Å². The summed E-state index contributed by atoms with van der Waals surface area (Å²) in [6.07, 6.45) is 5.97. The molecule has 0 bridgehead atoms. The Morgan fingerprint density at radius 2 is 2.30 bits per heavy atom. The lowest BCUT2D eigenvalue weighted by atomic mass is 9.95. The molecule has 3 rings (SSSR count). The zero-order valence-corrected chi connectivity index (χ0v) is 11.6. The lowest BCUT2D eigenvalue weighted by Gasteiger charge is -2.30. The van der Waals surface area contributed by atoms with Crippen LogP contribution in [0.15, 0.2) is 24.5 Å². The maximum absolute atomic E-state index is 11.0. The van der Waals surface area contributed by atoms with Crippen molar-refractivity contribution >= 4 is 11.6 Å². The van der Waals surface area contributed by atoms with Gasteiger partial charge in [0.05, 0.1) is 11.3 Å². The fraction of sp³-hybridized carbons (Fsp3) is 0.467. The number of piperidine rings is 1. The largest absolute Gasteiger partial charge is 0.478 e. The molecule has 1 aliphatic heterocycles. The number of carbonyl (C=O) groups is 1. The van der Waals surface area contributed by atoms with Crippen molar-refractivity contribution in [2.24, 2.45) is 0 Å². The van der Waals surface area contributed by atoms with Crippen molar-refractivity contribution < 1.29 is 9.90 Å². The van der Waals surface area contributed by atoms with E-state index in [1.165, 1.54) is 13.0 Å². The van der Waals surface area contributed by atoms with Crippen LogP contribution in [-0.2, 0) is 0 Å². The van der Waals surface area contributed by atoms with Gasteiger partial charge in [0, 0.05) is 24.9 Å². The second kappa shape index (κ2) is 5.25. The van der Waals surface area contributed by atoms with Crippen molar-refractivity contribution in [3.05, 3.63) is 35.8 Å². The highest BCUT2D eigenvalue weighted by atomic mass is 16.4. The van der Waals surface area contributed by atoms with Gasteiger partial charge in [-0.3, -0.25) is 0 Å². The Morgan fingerprint density at radius 3 is 3.05 bits per heavy atom. The Hall–Kier alpha value is -1.88. The number of nitrogens with zero attached hydrogens (tertiary/aromatic N) is 3. The molecule has 5 nitrogen and oxygen atoms in total. The van der Waals surface area contributed by atoms with Gasteiger partial charge in [0.1, 0.15) is 5.65 Å². The second-order valence-corrected chi connectivity index (χ2v) is 5.39. The fourth-order valence-electron chi connectivity index (χ4n) is 2.92. The van der Waals surface area contributed by atoms with E-state index in [4.69, 9.17) is 5.11 Å². The minimum absolute atomic E-state index is 0.292. The van der Waals surface area contributed by atoms with Gasteiger partial charge < -0.3 is 14.4 Å². The Morgan fingerprint density at radius 1 is 1.45 bits per heavy atom. The first-order chi connectivity index (χ1) is 9.67. The number of imidazole rings is 1. The molecule has 0 aliphatic carbocycles. The molecule has 2 aromatic heterocycles. The van der Waals surface area contributed by atoms with E-state index in [9.17, 15) is 4.79 Å². The number of hydrogen-bond donors (Lipinski definition) is 1. The lowest BCUT2D eigenvalue weighted by Crippen LogP contribution is -2.34. The maximum Gasteiger partial charge on any atom is 0.337 e. The minimum atomic E-state index is -0.906. The summed E-state index contributed by atoms with van der Waals surface area (Å²) < 4.78 is 1.82. The third-order valence-electron chi connectivity index (χ3n) is 4.09. The number of pyridine rings is 1. The maximum atomic E-state index is 11.0. The van der Waals surface area contributed by atoms with Gasteiger partial charge in [0.15, 0.2) is 0 Å². The van der Waals surface area contributed by atoms with Crippen molar-refractivity contribution in [2.45, 2.75) is 25.7 Å². The van der Waals surface area contributed by atoms with E-state index in [1.54, 1.807) is 18.3 Å². The molecule has 3 heterocycles. The number of likely N-dealkylation sites (N-methyl/N-ethyl adjacent to an activating group) is 1. The Bertz CT molecular complexity index is 635. The number of aromatic carboxylic acids is 1. The van der Waals surface area contributed by atoms with E-state index in [0.717, 1.165) is 30.9 Å².